The fraction of sp³-hybridized carbons (Fsp3) is 0.471. The molecule has 1 atom stereocenters. The van der Waals surface area contributed by atoms with Crippen LogP contribution in [0.2, 0.25) is 0 Å². The maximum Gasteiger partial charge on any atom is 0.118 e. The van der Waals surface area contributed by atoms with E-state index in [9.17, 15) is 0 Å². The van der Waals surface area contributed by atoms with E-state index in [2.05, 4.69) is 33.9 Å². The van der Waals surface area contributed by atoms with Gasteiger partial charge in [-0.25, -0.2) is 4.98 Å². The number of hydrogen-bond acceptors (Lipinski definition) is 3. The zero-order valence-corrected chi connectivity index (χ0v) is 13.0. The molecule has 0 bridgehead atoms. The molecule has 1 N–H and O–H groups in total. The van der Waals surface area contributed by atoms with Gasteiger partial charge in [0, 0.05) is 25.0 Å². The quantitative estimate of drug-likeness (QED) is 0.721. The van der Waals surface area contributed by atoms with Gasteiger partial charge in [-0.1, -0.05) is 12.1 Å². The van der Waals surface area contributed by atoms with Gasteiger partial charge in [-0.3, -0.25) is 0 Å². The Bertz CT molecular complexity index is 493. The van der Waals surface area contributed by atoms with E-state index in [1.54, 1.807) is 7.11 Å². The molecule has 0 saturated carbocycles. The molecule has 114 valence electrons. The summed E-state index contributed by atoms with van der Waals surface area (Å²) in [6.45, 7) is 4.35. The SMILES string of the molecule is COc1ccc(CC(C)NCCCCn2ccnc2)cc1. The first-order valence-electron chi connectivity index (χ1n) is 7.60. The summed E-state index contributed by atoms with van der Waals surface area (Å²) in [4.78, 5) is 4.05. The number of imidazole rings is 1. The van der Waals surface area contributed by atoms with Crippen LogP contribution in [0.15, 0.2) is 43.0 Å². The summed E-state index contributed by atoms with van der Waals surface area (Å²) in [5.74, 6) is 0.916. The van der Waals surface area contributed by atoms with Gasteiger partial charge in [0.1, 0.15) is 5.75 Å². The standard InChI is InChI=1S/C17H25N3O/c1-15(13-16-5-7-17(21-2)8-6-16)19-9-3-4-11-20-12-10-18-14-20/h5-8,10,12,14-15,19H,3-4,9,11,13H2,1-2H3. The van der Waals surface area contributed by atoms with E-state index in [-0.39, 0.29) is 0 Å². The lowest BCUT2D eigenvalue weighted by molar-refractivity contribution is 0.414. The number of hydrogen-bond donors (Lipinski definition) is 1. The number of methoxy groups -OCH3 is 1. The van der Waals surface area contributed by atoms with E-state index in [1.165, 1.54) is 18.4 Å². The smallest absolute Gasteiger partial charge is 0.118 e. The summed E-state index contributed by atoms with van der Waals surface area (Å²) >= 11 is 0. The molecule has 4 nitrogen and oxygen atoms in total. The second-order valence-electron chi connectivity index (χ2n) is 5.41. The topological polar surface area (TPSA) is 39.1 Å². The number of nitrogens with one attached hydrogen (secondary N) is 1. The normalized spacial score (nSPS) is 12.3. The lowest BCUT2D eigenvalue weighted by Gasteiger charge is -2.14. The number of ether oxygens (including phenoxy) is 1. The number of nitrogens with zero attached hydrogens (tertiary/aromatic N) is 2. The molecule has 4 heteroatoms. The zero-order chi connectivity index (χ0) is 14.9. The summed E-state index contributed by atoms with van der Waals surface area (Å²) < 4.78 is 7.30. The van der Waals surface area contributed by atoms with Gasteiger partial charge in [0.05, 0.1) is 13.4 Å². The van der Waals surface area contributed by atoms with Crippen LogP contribution in [0.3, 0.4) is 0 Å². The summed E-state index contributed by atoms with van der Waals surface area (Å²) in [6.07, 6.45) is 9.13. The van der Waals surface area contributed by atoms with Gasteiger partial charge in [-0.05, 0) is 50.4 Å². The third-order valence-corrected chi connectivity index (χ3v) is 3.60. The maximum absolute atomic E-state index is 5.17. The minimum absolute atomic E-state index is 0.492. The minimum Gasteiger partial charge on any atom is -0.497 e. The highest BCUT2D eigenvalue weighted by Crippen LogP contribution is 2.12. The molecule has 0 fully saturated rings. The van der Waals surface area contributed by atoms with Crippen molar-refractivity contribution in [2.24, 2.45) is 0 Å². The Morgan fingerprint density at radius 2 is 2.05 bits per heavy atom. The fourth-order valence-electron chi connectivity index (χ4n) is 2.37. The third-order valence-electron chi connectivity index (χ3n) is 3.60. The largest absolute Gasteiger partial charge is 0.497 e. The minimum atomic E-state index is 0.492. The Kier molecular flexibility index (Phi) is 6.28. The van der Waals surface area contributed by atoms with Gasteiger partial charge in [0.2, 0.25) is 0 Å². The summed E-state index contributed by atoms with van der Waals surface area (Å²) in [6, 6.07) is 8.80. The highest BCUT2D eigenvalue weighted by Gasteiger charge is 2.03. The number of aromatic nitrogens is 2. The Morgan fingerprint density at radius 3 is 2.71 bits per heavy atom. The van der Waals surface area contributed by atoms with E-state index in [4.69, 9.17) is 4.74 Å². The Morgan fingerprint density at radius 1 is 1.24 bits per heavy atom. The van der Waals surface area contributed by atoms with E-state index in [0.29, 0.717) is 6.04 Å². The van der Waals surface area contributed by atoms with Crippen molar-refractivity contribution in [1.82, 2.24) is 14.9 Å². The van der Waals surface area contributed by atoms with Crippen LogP contribution in [0.5, 0.6) is 5.75 Å². The van der Waals surface area contributed by atoms with Crippen LogP contribution in [0, 0.1) is 0 Å². The molecule has 0 aliphatic carbocycles. The predicted octanol–water partition coefficient (Wildman–Crippen LogP) is 2.89. The molecule has 1 aromatic carbocycles. The zero-order valence-electron chi connectivity index (χ0n) is 13.0. The summed E-state index contributed by atoms with van der Waals surface area (Å²) in [5, 5.41) is 3.58. The third kappa shape index (κ3) is 5.60. The lowest BCUT2D eigenvalue weighted by atomic mass is 10.1. The van der Waals surface area contributed by atoms with Gasteiger partial charge >= 0.3 is 0 Å². The van der Waals surface area contributed by atoms with Crippen LogP contribution in [0.1, 0.15) is 25.3 Å². The summed E-state index contributed by atoms with van der Waals surface area (Å²) in [7, 11) is 1.70. The van der Waals surface area contributed by atoms with Crippen molar-refractivity contribution >= 4 is 0 Å². The first-order chi connectivity index (χ1) is 10.3. The number of rotatable bonds is 9. The van der Waals surface area contributed by atoms with Crippen LogP contribution >= 0.6 is 0 Å². The Hall–Kier alpha value is -1.81. The molecule has 1 aromatic heterocycles. The molecule has 21 heavy (non-hydrogen) atoms. The average Bonchev–Trinajstić information content (AvgIpc) is 3.01. The molecule has 2 aromatic rings. The van der Waals surface area contributed by atoms with Crippen molar-refractivity contribution in [1.29, 1.82) is 0 Å². The first-order valence-corrected chi connectivity index (χ1v) is 7.60. The average molecular weight is 287 g/mol. The second kappa shape index (κ2) is 8.47. The lowest BCUT2D eigenvalue weighted by Crippen LogP contribution is -2.29. The Balaban J connectivity index is 1.59. The molecule has 0 aliphatic rings. The van der Waals surface area contributed by atoms with Crippen molar-refractivity contribution in [3.05, 3.63) is 48.5 Å². The van der Waals surface area contributed by atoms with Crippen molar-refractivity contribution in [3.8, 4) is 5.75 Å². The summed E-state index contributed by atoms with van der Waals surface area (Å²) in [5.41, 5.74) is 1.34. The van der Waals surface area contributed by atoms with Crippen molar-refractivity contribution < 1.29 is 4.74 Å². The van der Waals surface area contributed by atoms with Gasteiger partial charge in [0.25, 0.3) is 0 Å². The van der Waals surface area contributed by atoms with Crippen molar-refractivity contribution in [2.45, 2.75) is 38.8 Å². The van der Waals surface area contributed by atoms with Gasteiger partial charge in [-0.2, -0.15) is 0 Å². The molecule has 0 radical (unpaired) electrons. The first kappa shape index (κ1) is 15.6. The molecule has 1 unspecified atom stereocenters. The van der Waals surface area contributed by atoms with Crippen LogP contribution in [-0.2, 0) is 13.0 Å². The molecule has 2 rings (SSSR count). The monoisotopic (exact) mass is 287 g/mol. The van der Waals surface area contributed by atoms with Gasteiger partial charge < -0.3 is 14.6 Å². The number of aryl methyl sites for hydroxylation is 1. The highest BCUT2D eigenvalue weighted by molar-refractivity contribution is 5.27. The number of unbranched alkanes of at least 4 members (excludes halogenated alkanes) is 1. The molecule has 0 saturated heterocycles. The molecular formula is C17H25N3O. The number of benzene rings is 1. The van der Waals surface area contributed by atoms with Crippen molar-refractivity contribution in [2.75, 3.05) is 13.7 Å². The van der Waals surface area contributed by atoms with Crippen molar-refractivity contribution in [3.63, 3.8) is 0 Å². The highest BCUT2D eigenvalue weighted by atomic mass is 16.5. The Labute approximate surface area is 127 Å². The van der Waals surface area contributed by atoms with Crippen LogP contribution in [0.25, 0.3) is 0 Å². The molecule has 0 spiro atoms. The van der Waals surface area contributed by atoms with Crippen LogP contribution < -0.4 is 10.1 Å². The second-order valence-corrected chi connectivity index (χ2v) is 5.41. The van der Waals surface area contributed by atoms with Crippen LogP contribution in [0.4, 0.5) is 0 Å². The van der Waals surface area contributed by atoms with Gasteiger partial charge in [-0.15, -0.1) is 0 Å². The molecule has 0 aliphatic heterocycles. The van der Waals surface area contributed by atoms with E-state index >= 15 is 0 Å². The van der Waals surface area contributed by atoms with E-state index in [1.807, 2.05) is 30.9 Å². The maximum atomic E-state index is 5.17. The molecular weight excluding hydrogens is 262 g/mol. The van der Waals surface area contributed by atoms with E-state index < -0.39 is 0 Å². The fourth-order valence-corrected chi connectivity index (χ4v) is 2.37. The van der Waals surface area contributed by atoms with Crippen LogP contribution in [-0.4, -0.2) is 29.2 Å². The molecule has 1 heterocycles. The molecule has 0 amide bonds. The predicted molar refractivity (Wildman–Crippen MR) is 85.6 cm³/mol. The van der Waals surface area contributed by atoms with Gasteiger partial charge in [0.15, 0.2) is 0 Å². The van der Waals surface area contributed by atoms with E-state index in [0.717, 1.165) is 25.3 Å².